The van der Waals surface area contributed by atoms with Gasteiger partial charge in [0.25, 0.3) is 0 Å². The summed E-state index contributed by atoms with van der Waals surface area (Å²) in [6, 6.07) is 9.76. The summed E-state index contributed by atoms with van der Waals surface area (Å²) in [6.07, 6.45) is 0.584. The van der Waals surface area contributed by atoms with Gasteiger partial charge in [0.05, 0.1) is 0 Å². The molecule has 68 valence electrons. The SMILES string of the molecule is C=C(Cc1ccccc1)OC(C)=O. The fourth-order valence-corrected chi connectivity index (χ4v) is 1.06. The molecule has 0 radical (unpaired) electrons. The maximum absolute atomic E-state index is 10.6. The average molecular weight is 176 g/mol. The van der Waals surface area contributed by atoms with Gasteiger partial charge in [-0.05, 0) is 5.56 Å². The van der Waals surface area contributed by atoms with Gasteiger partial charge in [-0.3, -0.25) is 4.79 Å². The lowest BCUT2D eigenvalue weighted by Crippen LogP contribution is -2.00. The van der Waals surface area contributed by atoms with E-state index in [0.29, 0.717) is 12.2 Å². The highest BCUT2D eigenvalue weighted by Gasteiger charge is 1.99. The van der Waals surface area contributed by atoms with Crippen molar-refractivity contribution in [2.45, 2.75) is 13.3 Å². The van der Waals surface area contributed by atoms with E-state index < -0.39 is 0 Å². The van der Waals surface area contributed by atoms with Crippen molar-refractivity contribution in [3.8, 4) is 0 Å². The van der Waals surface area contributed by atoms with Gasteiger partial charge < -0.3 is 4.74 Å². The van der Waals surface area contributed by atoms with Crippen molar-refractivity contribution in [1.29, 1.82) is 0 Å². The Hall–Kier alpha value is -1.57. The first-order valence-corrected chi connectivity index (χ1v) is 4.08. The molecule has 0 aliphatic heterocycles. The Morgan fingerprint density at radius 2 is 2.00 bits per heavy atom. The van der Waals surface area contributed by atoms with E-state index in [9.17, 15) is 4.79 Å². The van der Waals surface area contributed by atoms with Crippen molar-refractivity contribution < 1.29 is 9.53 Å². The molecule has 0 unspecified atom stereocenters. The Kier molecular flexibility index (Phi) is 3.26. The predicted molar refractivity (Wildman–Crippen MR) is 51.1 cm³/mol. The Morgan fingerprint density at radius 1 is 1.38 bits per heavy atom. The fraction of sp³-hybridized carbons (Fsp3) is 0.182. The summed E-state index contributed by atoms with van der Waals surface area (Å²) in [4.78, 5) is 10.6. The Bertz CT molecular complexity index is 301. The summed E-state index contributed by atoms with van der Waals surface area (Å²) in [7, 11) is 0. The van der Waals surface area contributed by atoms with Gasteiger partial charge >= 0.3 is 5.97 Å². The number of rotatable bonds is 3. The van der Waals surface area contributed by atoms with Gasteiger partial charge in [-0.15, -0.1) is 0 Å². The van der Waals surface area contributed by atoms with E-state index in [1.54, 1.807) is 0 Å². The number of hydrogen-bond acceptors (Lipinski definition) is 2. The van der Waals surface area contributed by atoms with Crippen LogP contribution in [0, 0.1) is 0 Å². The standard InChI is InChI=1S/C11H12O2/c1-9(13-10(2)12)8-11-6-4-3-5-7-11/h3-7H,1,8H2,2H3. The second-order valence-corrected chi connectivity index (χ2v) is 2.79. The maximum atomic E-state index is 10.6. The predicted octanol–water partition coefficient (Wildman–Crippen LogP) is 2.31. The van der Waals surface area contributed by atoms with E-state index in [1.807, 2.05) is 30.3 Å². The van der Waals surface area contributed by atoms with Crippen LogP contribution < -0.4 is 0 Å². The van der Waals surface area contributed by atoms with Crippen LogP contribution in [-0.2, 0) is 16.0 Å². The maximum Gasteiger partial charge on any atom is 0.307 e. The molecule has 2 nitrogen and oxygen atoms in total. The monoisotopic (exact) mass is 176 g/mol. The zero-order valence-electron chi connectivity index (χ0n) is 7.62. The minimum absolute atomic E-state index is 0.319. The minimum atomic E-state index is -0.319. The molecule has 0 N–H and O–H groups in total. The van der Waals surface area contributed by atoms with Crippen LogP contribution in [0.1, 0.15) is 12.5 Å². The van der Waals surface area contributed by atoms with E-state index in [4.69, 9.17) is 4.74 Å². The third-order valence-corrected chi connectivity index (χ3v) is 1.53. The smallest absolute Gasteiger partial charge is 0.307 e. The molecule has 0 fully saturated rings. The van der Waals surface area contributed by atoms with Gasteiger partial charge in [-0.2, -0.15) is 0 Å². The number of ether oxygens (including phenoxy) is 1. The average Bonchev–Trinajstić information content (AvgIpc) is 2.04. The Morgan fingerprint density at radius 3 is 2.54 bits per heavy atom. The first-order chi connectivity index (χ1) is 6.18. The first kappa shape index (κ1) is 9.52. The highest BCUT2D eigenvalue weighted by molar-refractivity contribution is 5.67. The van der Waals surface area contributed by atoms with E-state index in [2.05, 4.69) is 6.58 Å². The van der Waals surface area contributed by atoms with Crippen molar-refractivity contribution in [2.24, 2.45) is 0 Å². The quantitative estimate of drug-likeness (QED) is 0.521. The third kappa shape index (κ3) is 3.56. The zero-order chi connectivity index (χ0) is 9.68. The van der Waals surface area contributed by atoms with Gasteiger partial charge in [0.2, 0.25) is 0 Å². The highest BCUT2D eigenvalue weighted by atomic mass is 16.5. The Balaban J connectivity index is 2.50. The molecule has 0 amide bonds. The van der Waals surface area contributed by atoms with Gasteiger partial charge in [0, 0.05) is 13.3 Å². The normalized spacial score (nSPS) is 9.31. The topological polar surface area (TPSA) is 26.3 Å². The van der Waals surface area contributed by atoms with Crippen LogP contribution in [-0.4, -0.2) is 5.97 Å². The van der Waals surface area contributed by atoms with Crippen molar-refractivity contribution in [3.05, 3.63) is 48.2 Å². The number of hydrogen-bond donors (Lipinski definition) is 0. The molecule has 0 aliphatic rings. The molecule has 0 spiro atoms. The minimum Gasteiger partial charge on any atom is -0.432 e. The summed E-state index contributed by atoms with van der Waals surface area (Å²) in [5.74, 6) is 0.166. The largest absolute Gasteiger partial charge is 0.432 e. The zero-order valence-corrected chi connectivity index (χ0v) is 7.62. The van der Waals surface area contributed by atoms with Crippen LogP contribution in [0.25, 0.3) is 0 Å². The number of carbonyl (C=O) groups excluding carboxylic acids is 1. The van der Waals surface area contributed by atoms with Crippen LogP contribution in [0.2, 0.25) is 0 Å². The molecule has 0 heterocycles. The van der Waals surface area contributed by atoms with E-state index in [0.717, 1.165) is 5.56 Å². The molecule has 0 bridgehead atoms. The second-order valence-electron chi connectivity index (χ2n) is 2.79. The molecule has 2 heteroatoms. The molecule has 1 aromatic rings. The molecule has 0 aliphatic carbocycles. The summed E-state index contributed by atoms with van der Waals surface area (Å²) in [5.41, 5.74) is 1.09. The van der Waals surface area contributed by atoms with Crippen LogP contribution >= 0.6 is 0 Å². The van der Waals surface area contributed by atoms with E-state index in [-0.39, 0.29) is 5.97 Å². The summed E-state index contributed by atoms with van der Waals surface area (Å²) in [5, 5.41) is 0. The number of benzene rings is 1. The molecule has 13 heavy (non-hydrogen) atoms. The molecule has 1 aromatic carbocycles. The lowest BCUT2D eigenvalue weighted by Gasteiger charge is -2.04. The molecule has 1 rings (SSSR count). The van der Waals surface area contributed by atoms with Gasteiger partial charge in [-0.25, -0.2) is 0 Å². The molecule has 0 atom stereocenters. The number of allylic oxidation sites excluding steroid dienone is 1. The van der Waals surface area contributed by atoms with Crippen molar-refractivity contribution in [3.63, 3.8) is 0 Å². The molecule has 0 saturated heterocycles. The Labute approximate surface area is 77.8 Å². The highest BCUT2D eigenvalue weighted by Crippen LogP contribution is 2.06. The van der Waals surface area contributed by atoms with Gasteiger partial charge in [0.15, 0.2) is 0 Å². The third-order valence-electron chi connectivity index (χ3n) is 1.53. The summed E-state index contributed by atoms with van der Waals surface area (Å²) >= 11 is 0. The number of esters is 1. The number of carbonyl (C=O) groups is 1. The van der Waals surface area contributed by atoms with Crippen molar-refractivity contribution in [2.75, 3.05) is 0 Å². The van der Waals surface area contributed by atoms with Crippen molar-refractivity contribution in [1.82, 2.24) is 0 Å². The van der Waals surface area contributed by atoms with E-state index in [1.165, 1.54) is 6.92 Å². The van der Waals surface area contributed by atoms with Crippen LogP contribution in [0.5, 0.6) is 0 Å². The second kappa shape index (κ2) is 4.45. The molecule has 0 aromatic heterocycles. The van der Waals surface area contributed by atoms with Crippen molar-refractivity contribution >= 4 is 5.97 Å². The summed E-state index contributed by atoms with van der Waals surface area (Å²) < 4.78 is 4.82. The van der Waals surface area contributed by atoms with Gasteiger partial charge in [0.1, 0.15) is 5.76 Å². The molecular weight excluding hydrogens is 164 g/mol. The van der Waals surface area contributed by atoms with E-state index >= 15 is 0 Å². The fourth-order valence-electron chi connectivity index (χ4n) is 1.06. The lowest BCUT2D eigenvalue weighted by atomic mass is 10.1. The summed E-state index contributed by atoms with van der Waals surface area (Å²) in [6.45, 7) is 5.02. The molecular formula is C11H12O2. The van der Waals surface area contributed by atoms with Crippen LogP contribution in [0.15, 0.2) is 42.7 Å². The van der Waals surface area contributed by atoms with Crippen LogP contribution in [0.3, 0.4) is 0 Å². The van der Waals surface area contributed by atoms with Gasteiger partial charge in [-0.1, -0.05) is 36.9 Å². The first-order valence-electron chi connectivity index (χ1n) is 4.08. The molecule has 0 saturated carbocycles. The lowest BCUT2D eigenvalue weighted by molar-refractivity contribution is -0.136. The van der Waals surface area contributed by atoms with Crippen LogP contribution in [0.4, 0.5) is 0 Å².